The van der Waals surface area contributed by atoms with Crippen LogP contribution in [0.3, 0.4) is 0 Å². The topological polar surface area (TPSA) is 58.6 Å². The van der Waals surface area contributed by atoms with Crippen LogP contribution >= 0.6 is 35.6 Å². The summed E-state index contributed by atoms with van der Waals surface area (Å²) < 4.78 is 6.08. The Labute approximate surface area is 193 Å². The summed E-state index contributed by atoms with van der Waals surface area (Å²) in [4.78, 5) is 25.6. The van der Waals surface area contributed by atoms with E-state index in [-0.39, 0.29) is 4.32 Å². The first-order chi connectivity index (χ1) is 15.0. The van der Waals surface area contributed by atoms with Gasteiger partial charge in [0.1, 0.15) is 11.5 Å². The Morgan fingerprint density at radius 2 is 1.71 bits per heavy atom. The molecule has 0 saturated carbocycles. The summed E-state index contributed by atoms with van der Waals surface area (Å²) in [6, 6.07) is 23.1. The van der Waals surface area contributed by atoms with Gasteiger partial charge in [-0.25, -0.2) is 0 Å². The smallest absolute Gasteiger partial charge is 0.285 e. The summed E-state index contributed by atoms with van der Waals surface area (Å²) in [6.07, 6.45) is 1.71. The third-order valence-corrected chi connectivity index (χ3v) is 5.80. The van der Waals surface area contributed by atoms with Crippen molar-refractivity contribution in [3.63, 3.8) is 0 Å². The van der Waals surface area contributed by atoms with E-state index >= 15 is 0 Å². The molecule has 0 radical (unpaired) electrons. The van der Waals surface area contributed by atoms with Gasteiger partial charge in [0.05, 0.1) is 4.91 Å². The third-order valence-electron chi connectivity index (χ3n) is 4.25. The van der Waals surface area contributed by atoms with Gasteiger partial charge in [-0.05, 0) is 72.4 Å². The molecular formula is C23H15ClN2O3S2. The number of amides is 2. The molecule has 8 heteroatoms. The van der Waals surface area contributed by atoms with E-state index in [2.05, 4.69) is 5.43 Å². The molecule has 2 amide bonds. The molecule has 31 heavy (non-hydrogen) atoms. The molecule has 3 aromatic rings. The normalized spacial score (nSPS) is 14.7. The lowest BCUT2D eigenvalue weighted by Gasteiger charge is -2.15. The number of hydrogen-bond donors (Lipinski definition) is 1. The Bertz CT molecular complexity index is 1180. The largest absolute Gasteiger partial charge is 0.457 e. The molecule has 1 fully saturated rings. The fraction of sp³-hybridized carbons (Fsp3) is 0. The molecule has 1 saturated heterocycles. The number of ether oxygens (including phenoxy) is 1. The highest BCUT2D eigenvalue weighted by molar-refractivity contribution is 8.26. The second kappa shape index (κ2) is 9.34. The predicted octanol–water partition coefficient (Wildman–Crippen LogP) is 5.68. The number of thiocarbonyl (C=S) groups is 1. The van der Waals surface area contributed by atoms with Crippen LogP contribution in [0.5, 0.6) is 11.5 Å². The van der Waals surface area contributed by atoms with Gasteiger partial charge in [-0.3, -0.25) is 15.0 Å². The Balaban J connectivity index is 1.48. The monoisotopic (exact) mass is 466 g/mol. The van der Waals surface area contributed by atoms with Crippen molar-refractivity contribution in [3.05, 3.63) is 99.9 Å². The lowest BCUT2D eigenvalue weighted by atomic mass is 10.2. The third kappa shape index (κ3) is 5.14. The molecular weight excluding hydrogens is 452 g/mol. The van der Waals surface area contributed by atoms with Gasteiger partial charge in [0.2, 0.25) is 0 Å². The number of thioether (sulfide) groups is 1. The first-order valence-electron chi connectivity index (χ1n) is 9.17. The molecule has 3 aromatic carbocycles. The lowest BCUT2D eigenvalue weighted by molar-refractivity contribution is -0.123. The standard InChI is InChI=1S/C23H15ClN2O3S2/c24-17-11-9-16(10-12-17)21(27)25-26-22(28)20(31-23(26)30)14-15-5-4-8-19(13-15)29-18-6-2-1-3-7-18/h1-14H,(H,25,27)/b20-14+. The van der Waals surface area contributed by atoms with Gasteiger partial charge >= 0.3 is 0 Å². The Hall–Kier alpha value is -3.13. The van der Waals surface area contributed by atoms with E-state index in [0.29, 0.717) is 21.2 Å². The first kappa shape index (κ1) is 21.1. The minimum Gasteiger partial charge on any atom is -0.457 e. The number of rotatable bonds is 5. The number of nitrogens with one attached hydrogen (secondary N) is 1. The highest BCUT2D eigenvalue weighted by Gasteiger charge is 2.33. The molecule has 0 spiro atoms. The Kier molecular flexibility index (Phi) is 6.36. The molecule has 0 bridgehead atoms. The van der Waals surface area contributed by atoms with Crippen molar-refractivity contribution in [2.75, 3.05) is 0 Å². The van der Waals surface area contributed by atoms with Crippen molar-refractivity contribution >= 4 is 57.8 Å². The maximum atomic E-state index is 12.8. The molecule has 0 atom stereocenters. The summed E-state index contributed by atoms with van der Waals surface area (Å²) in [5.41, 5.74) is 3.69. The van der Waals surface area contributed by atoms with Crippen LogP contribution in [0.25, 0.3) is 6.08 Å². The summed E-state index contributed by atoms with van der Waals surface area (Å²) >= 11 is 12.2. The van der Waals surface area contributed by atoms with Crippen molar-refractivity contribution in [1.29, 1.82) is 0 Å². The first-order valence-corrected chi connectivity index (χ1v) is 10.8. The summed E-state index contributed by atoms with van der Waals surface area (Å²) in [5, 5.41) is 1.59. The molecule has 0 aromatic heterocycles. The number of para-hydroxylation sites is 1. The number of halogens is 1. The van der Waals surface area contributed by atoms with Crippen LogP contribution in [0.15, 0.2) is 83.8 Å². The average molecular weight is 467 g/mol. The zero-order chi connectivity index (χ0) is 21.8. The van der Waals surface area contributed by atoms with E-state index in [1.807, 2.05) is 54.6 Å². The van der Waals surface area contributed by atoms with E-state index in [4.69, 9.17) is 28.6 Å². The van der Waals surface area contributed by atoms with Gasteiger partial charge in [0, 0.05) is 10.6 Å². The van der Waals surface area contributed by atoms with Gasteiger partial charge in [0.15, 0.2) is 4.32 Å². The van der Waals surface area contributed by atoms with Crippen LogP contribution in [-0.4, -0.2) is 21.1 Å². The van der Waals surface area contributed by atoms with Gasteiger partial charge in [-0.2, -0.15) is 5.01 Å². The Morgan fingerprint density at radius 1 is 1.00 bits per heavy atom. The maximum Gasteiger partial charge on any atom is 0.285 e. The maximum absolute atomic E-state index is 12.8. The van der Waals surface area contributed by atoms with Gasteiger partial charge in [0.25, 0.3) is 11.8 Å². The Morgan fingerprint density at radius 3 is 2.45 bits per heavy atom. The van der Waals surface area contributed by atoms with Gasteiger partial charge in [-0.1, -0.05) is 53.7 Å². The molecule has 1 aliphatic heterocycles. The van der Waals surface area contributed by atoms with Crippen molar-refractivity contribution in [1.82, 2.24) is 10.4 Å². The zero-order valence-electron chi connectivity index (χ0n) is 15.9. The van der Waals surface area contributed by atoms with Crippen molar-refractivity contribution in [2.24, 2.45) is 0 Å². The SMILES string of the molecule is O=C(NN1C(=O)/C(=C\c2cccc(Oc3ccccc3)c2)SC1=S)c1ccc(Cl)cc1. The number of nitrogens with zero attached hydrogens (tertiary/aromatic N) is 1. The van der Waals surface area contributed by atoms with Crippen LogP contribution in [0.1, 0.15) is 15.9 Å². The van der Waals surface area contributed by atoms with Crippen LogP contribution in [0.4, 0.5) is 0 Å². The molecule has 1 N–H and O–H groups in total. The quantitative estimate of drug-likeness (QED) is 0.387. The molecule has 0 aliphatic carbocycles. The lowest BCUT2D eigenvalue weighted by Crippen LogP contribution is -2.44. The minimum absolute atomic E-state index is 0.246. The number of hydrazine groups is 1. The highest BCUT2D eigenvalue weighted by atomic mass is 35.5. The second-order valence-corrected chi connectivity index (χ2v) is 8.56. The van der Waals surface area contributed by atoms with Gasteiger partial charge < -0.3 is 4.74 Å². The molecule has 4 rings (SSSR count). The van der Waals surface area contributed by atoms with Gasteiger partial charge in [-0.15, -0.1) is 0 Å². The predicted molar refractivity (Wildman–Crippen MR) is 127 cm³/mol. The van der Waals surface area contributed by atoms with E-state index in [9.17, 15) is 9.59 Å². The van der Waals surface area contributed by atoms with Crippen molar-refractivity contribution < 1.29 is 14.3 Å². The van der Waals surface area contributed by atoms with Crippen LogP contribution < -0.4 is 10.2 Å². The fourth-order valence-corrected chi connectivity index (χ4v) is 4.08. The van der Waals surface area contributed by atoms with E-state index in [0.717, 1.165) is 28.1 Å². The van der Waals surface area contributed by atoms with Crippen molar-refractivity contribution in [3.8, 4) is 11.5 Å². The van der Waals surface area contributed by atoms with Crippen LogP contribution in [0, 0.1) is 0 Å². The van der Waals surface area contributed by atoms with E-state index < -0.39 is 11.8 Å². The summed E-state index contributed by atoms with van der Waals surface area (Å²) in [7, 11) is 0. The summed E-state index contributed by atoms with van der Waals surface area (Å²) in [6.45, 7) is 0. The second-order valence-electron chi connectivity index (χ2n) is 6.45. The van der Waals surface area contributed by atoms with Crippen molar-refractivity contribution in [2.45, 2.75) is 0 Å². The van der Waals surface area contributed by atoms with E-state index in [1.54, 1.807) is 30.3 Å². The molecule has 0 unspecified atom stereocenters. The highest BCUT2D eigenvalue weighted by Crippen LogP contribution is 2.32. The molecule has 5 nitrogen and oxygen atoms in total. The molecule has 154 valence electrons. The minimum atomic E-state index is -0.451. The molecule has 1 aliphatic rings. The number of hydrogen-bond acceptors (Lipinski definition) is 5. The zero-order valence-corrected chi connectivity index (χ0v) is 18.3. The summed E-state index contributed by atoms with van der Waals surface area (Å²) in [5.74, 6) is 0.515. The van der Waals surface area contributed by atoms with Crippen LogP contribution in [-0.2, 0) is 4.79 Å². The van der Waals surface area contributed by atoms with E-state index in [1.165, 1.54) is 0 Å². The number of carbonyl (C=O) groups excluding carboxylic acids is 2. The number of benzene rings is 3. The molecule has 1 heterocycles. The number of carbonyl (C=O) groups is 2. The van der Waals surface area contributed by atoms with Crippen LogP contribution in [0.2, 0.25) is 5.02 Å². The fourth-order valence-electron chi connectivity index (χ4n) is 2.78. The average Bonchev–Trinajstić information content (AvgIpc) is 3.02.